The predicted molar refractivity (Wildman–Crippen MR) is 39.9 cm³/mol. The molecule has 0 bridgehead atoms. The second-order valence-corrected chi connectivity index (χ2v) is 4.21. The van der Waals surface area contributed by atoms with Gasteiger partial charge in [0.25, 0.3) is 0 Å². The van der Waals surface area contributed by atoms with Gasteiger partial charge in [0.15, 0.2) is 9.04 Å². The fourth-order valence-corrected chi connectivity index (χ4v) is 0.638. The molecule has 0 aliphatic carbocycles. The summed E-state index contributed by atoms with van der Waals surface area (Å²) in [5.74, 6) is 0. The van der Waals surface area contributed by atoms with Gasteiger partial charge in [-0.2, -0.15) is 0 Å². The van der Waals surface area contributed by atoms with Crippen LogP contribution in [0, 0.1) is 0 Å². The summed E-state index contributed by atoms with van der Waals surface area (Å²) in [7, 11) is -0.882. The van der Waals surface area contributed by atoms with E-state index in [0.29, 0.717) is 6.73 Å². The molecule has 0 heterocycles. The molecule has 0 aliphatic heterocycles. The third kappa shape index (κ3) is 5.98. The molecule has 0 unspecified atom stereocenters. The van der Waals surface area contributed by atoms with Crippen molar-refractivity contribution >= 4 is 26.4 Å². The molecule has 0 saturated carbocycles. The van der Waals surface area contributed by atoms with Gasteiger partial charge in [-0.3, -0.25) is 0 Å². The Kier molecular flexibility index (Phi) is 5.11. The van der Waals surface area contributed by atoms with Gasteiger partial charge in [0.2, 0.25) is 0 Å². The van der Waals surface area contributed by atoms with Crippen molar-refractivity contribution in [3.05, 3.63) is 0 Å². The first-order valence-electron chi connectivity index (χ1n) is 2.42. The van der Waals surface area contributed by atoms with E-state index in [0.717, 1.165) is 0 Å². The highest BCUT2D eigenvalue weighted by Gasteiger charge is 1.89. The van der Waals surface area contributed by atoms with Crippen LogP contribution in [0.3, 0.4) is 0 Å². The van der Waals surface area contributed by atoms with E-state index in [2.05, 4.69) is 35.5 Å². The maximum absolute atomic E-state index is 5.13. The van der Waals surface area contributed by atoms with Crippen LogP contribution in [-0.2, 0) is 4.43 Å². The molecule has 0 aromatic heterocycles. The molecule has 0 rings (SSSR count). The Morgan fingerprint density at radius 2 is 2.38 bits per heavy atom. The quantitative estimate of drug-likeness (QED) is 0.338. The molecule has 0 radical (unpaired) electrons. The Morgan fingerprint density at radius 1 is 1.75 bits per heavy atom. The summed E-state index contributed by atoms with van der Waals surface area (Å²) in [6.07, 6.45) is 0. The molecule has 8 heavy (non-hydrogen) atoms. The van der Waals surface area contributed by atoms with Gasteiger partial charge in [0, 0.05) is 0 Å². The summed E-state index contributed by atoms with van der Waals surface area (Å²) >= 11 is 4.32. The van der Waals surface area contributed by atoms with Crippen LogP contribution in [0.1, 0.15) is 0 Å². The summed E-state index contributed by atoms with van der Waals surface area (Å²) in [6, 6.07) is 0. The van der Waals surface area contributed by atoms with Crippen LogP contribution in [0.2, 0.25) is 13.1 Å². The monoisotopic (exact) mass is 147 g/mol. The van der Waals surface area contributed by atoms with Gasteiger partial charge < -0.3 is 4.43 Å². The van der Waals surface area contributed by atoms with Gasteiger partial charge in [-0.05, 0) is 25.3 Å². The van der Waals surface area contributed by atoms with Crippen LogP contribution >= 0.6 is 12.2 Å². The first kappa shape index (κ1) is 7.98. The summed E-state index contributed by atoms with van der Waals surface area (Å²) in [6.45, 7) is 4.56. The molecule has 0 aliphatic rings. The van der Waals surface area contributed by atoms with Gasteiger partial charge in [-0.1, -0.05) is 0 Å². The van der Waals surface area contributed by atoms with Crippen molar-refractivity contribution in [2.45, 2.75) is 13.1 Å². The molecular weight excluding hydrogens is 138 g/mol. The Hall–Kier alpha value is -0.0231. The first-order valence-corrected chi connectivity index (χ1v) is 5.61. The largest absolute Gasteiger partial charge is 0.401 e. The standard InChI is InChI=1S/C4H9NOSSi/c1-8(2)6-3-5-4-7/h8H,3H2,1-2H3. The molecule has 0 saturated heterocycles. The fourth-order valence-electron chi connectivity index (χ4n) is 0.213. The molecule has 4 heteroatoms. The third-order valence-electron chi connectivity index (χ3n) is 0.537. The van der Waals surface area contributed by atoms with Gasteiger partial charge in [0.05, 0.1) is 5.16 Å². The predicted octanol–water partition coefficient (Wildman–Crippen LogP) is 1.05. The molecule has 0 atom stereocenters. The first-order chi connectivity index (χ1) is 3.77. The van der Waals surface area contributed by atoms with Crippen LogP contribution in [0.25, 0.3) is 0 Å². The zero-order chi connectivity index (χ0) is 6.41. The maximum atomic E-state index is 5.13. The molecule has 0 amide bonds. The van der Waals surface area contributed by atoms with Crippen molar-refractivity contribution in [2.24, 2.45) is 4.99 Å². The number of isothiocyanates is 1. The minimum atomic E-state index is -0.882. The van der Waals surface area contributed by atoms with Crippen molar-refractivity contribution < 1.29 is 4.43 Å². The molecule has 0 fully saturated rings. The average Bonchev–Trinajstić information content (AvgIpc) is 1.66. The Bertz CT molecular complexity index is 100. The second-order valence-electron chi connectivity index (χ2n) is 1.59. The molecule has 46 valence electrons. The van der Waals surface area contributed by atoms with Gasteiger partial charge in [0.1, 0.15) is 6.73 Å². The van der Waals surface area contributed by atoms with E-state index in [1.807, 2.05) is 0 Å². The lowest BCUT2D eigenvalue weighted by Crippen LogP contribution is -2.06. The highest BCUT2D eigenvalue weighted by molar-refractivity contribution is 7.78. The highest BCUT2D eigenvalue weighted by Crippen LogP contribution is 1.81. The topological polar surface area (TPSA) is 21.6 Å². The van der Waals surface area contributed by atoms with E-state index in [1.165, 1.54) is 0 Å². The summed E-state index contributed by atoms with van der Waals surface area (Å²) in [4.78, 5) is 3.59. The number of rotatable bonds is 3. The Balaban J connectivity index is 3.05. The molecular formula is C4H9NOSSi. The minimum Gasteiger partial charge on any atom is -0.401 e. The minimum absolute atomic E-state index is 0.396. The van der Waals surface area contributed by atoms with Gasteiger partial charge in [-0.15, -0.1) is 0 Å². The van der Waals surface area contributed by atoms with Crippen LogP contribution in [0.5, 0.6) is 0 Å². The van der Waals surface area contributed by atoms with E-state index in [9.17, 15) is 0 Å². The summed E-state index contributed by atoms with van der Waals surface area (Å²) < 4.78 is 5.13. The van der Waals surface area contributed by atoms with Crippen molar-refractivity contribution in [3.63, 3.8) is 0 Å². The van der Waals surface area contributed by atoms with Gasteiger partial charge in [-0.25, -0.2) is 4.99 Å². The molecule has 0 N–H and O–H groups in total. The molecule has 2 nitrogen and oxygen atoms in total. The molecule has 0 aromatic carbocycles. The van der Waals surface area contributed by atoms with Crippen molar-refractivity contribution in [1.82, 2.24) is 0 Å². The second kappa shape index (κ2) is 5.12. The molecule has 0 aromatic rings. The van der Waals surface area contributed by atoms with E-state index < -0.39 is 9.04 Å². The lowest BCUT2D eigenvalue weighted by Gasteiger charge is -1.98. The fraction of sp³-hybridized carbons (Fsp3) is 0.750. The van der Waals surface area contributed by atoms with Crippen molar-refractivity contribution in [2.75, 3.05) is 6.73 Å². The molecule has 0 spiro atoms. The number of thiocarbonyl (C=S) groups is 1. The number of hydrogen-bond donors (Lipinski definition) is 0. The van der Waals surface area contributed by atoms with Crippen molar-refractivity contribution in [3.8, 4) is 0 Å². The number of aliphatic imine (C=N–C) groups is 1. The smallest absolute Gasteiger partial charge is 0.173 e. The van der Waals surface area contributed by atoms with Crippen molar-refractivity contribution in [1.29, 1.82) is 0 Å². The van der Waals surface area contributed by atoms with Crippen LogP contribution in [0.4, 0.5) is 0 Å². The van der Waals surface area contributed by atoms with E-state index in [4.69, 9.17) is 4.43 Å². The summed E-state index contributed by atoms with van der Waals surface area (Å²) in [5, 5.41) is 2.23. The van der Waals surface area contributed by atoms with Crippen LogP contribution in [-0.4, -0.2) is 20.9 Å². The van der Waals surface area contributed by atoms with E-state index in [1.54, 1.807) is 0 Å². The Labute approximate surface area is 56.3 Å². The number of hydrogen-bond acceptors (Lipinski definition) is 3. The third-order valence-corrected chi connectivity index (χ3v) is 1.48. The zero-order valence-electron chi connectivity index (χ0n) is 5.05. The zero-order valence-corrected chi connectivity index (χ0v) is 7.02. The van der Waals surface area contributed by atoms with Crippen LogP contribution in [0.15, 0.2) is 4.99 Å². The van der Waals surface area contributed by atoms with E-state index >= 15 is 0 Å². The highest BCUT2D eigenvalue weighted by atomic mass is 32.1. The Morgan fingerprint density at radius 3 is 2.75 bits per heavy atom. The average molecular weight is 147 g/mol. The van der Waals surface area contributed by atoms with Gasteiger partial charge >= 0.3 is 0 Å². The lowest BCUT2D eigenvalue weighted by molar-refractivity contribution is 0.342. The SMILES string of the molecule is C[SiH](C)OCN=C=S. The van der Waals surface area contributed by atoms with Crippen LogP contribution < -0.4 is 0 Å². The summed E-state index contributed by atoms with van der Waals surface area (Å²) in [5.41, 5.74) is 0. The normalized spacial score (nSPS) is 8.88. The maximum Gasteiger partial charge on any atom is 0.173 e. The van der Waals surface area contributed by atoms with E-state index in [-0.39, 0.29) is 0 Å². The number of nitrogens with zero attached hydrogens (tertiary/aromatic N) is 1. The lowest BCUT2D eigenvalue weighted by atomic mass is 11.3.